The van der Waals surface area contributed by atoms with E-state index in [-0.39, 0.29) is 12.2 Å². The van der Waals surface area contributed by atoms with E-state index in [4.69, 9.17) is 14.6 Å². The maximum atomic E-state index is 13.4. The number of nitrogens with zero attached hydrogens (tertiary/aromatic N) is 2. The number of amides is 1. The van der Waals surface area contributed by atoms with Gasteiger partial charge in [-0.15, -0.1) is 0 Å². The highest BCUT2D eigenvalue weighted by atomic mass is 19.1. The zero-order chi connectivity index (χ0) is 30.4. The highest BCUT2D eigenvalue weighted by Gasteiger charge is 2.25. The lowest BCUT2D eigenvalue weighted by atomic mass is 9.91. The van der Waals surface area contributed by atoms with E-state index in [0.29, 0.717) is 42.2 Å². The zero-order valence-corrected chi connectivity index (χ0v) is 24.8. The monoisotopic (exact) mass is 574 g/mol. The SMILES string of the molecule is C=C(C)F.CCOC1=CC(CN2CCCC(CN(C(=O)OC)c3ccc(CC(=O)O)cc3)CC2)=C(/C(C)=C\F)CC1. The number of hydrogen-bond donors (Lipinski definition) is 1. The van der Waals surface area contributed by atoms with Crippen molar-refractivity contribution in [2.45, 2.75) is 59.3 Å². The minimum absolute atomic E-state index is 0.0585. The van der Waals surface area contributed by atoms with Gasteiger partial charge < -0.3 is 14.6 Å². The first-order valence-corrected chi connectivity index (χ1v) is 14.1. The van der Waals surface area contributed by atoms with Crippen molar-refractivity contribution >= 4 is 17.7 Å². The molecule has 1 heterocycles. The van der Waals surface area contributed by atoms with Crippen LogP contribution < -0.4 is 4.90 Å². The van der Waals surface area contributed by atoms with Crippen LogP contribution in [0.15, 0.2) is 71.6 Å². The molecule has 0 radical (unpaired) electrons. The summed E-state index contributed by atoms with van der Waals surface area (Å²) in [5, 5.41) is 9.01. The number of carboxylic acid groups (broad SMARTS) is 1. The van der Waals surface area contributed by atoms with Crippen LogP contribution in [-0.4, -0.2) is 62.0 Å². The second-order valence-corrected chi connectivity index (χ2v) is 10.4. The molecule has 1 aliphatic heterocycles. The molecule has 3 rings (SSSR count). The van der Waals surface area contributed by atoms with Gasteiger partial charge in [0, 0.05) is 25.2 Å². The summed E-state index contributed by atoms with van der Waals surface area (Å²) < 4.78 is 35.0. The molecule has 0 saturated carbocycles. The minimum atomic E-state index is -0.892. The number of hydrogen-bond acceptors (Lipinski definition) is 5. The Labute approximate surface area is 242 Å². The van der Waals surface area contributed by atoms with Crippen LogP contribution in [-0.2, 0) is 20.7 Å². The maximum Gasteiger partial charge on any atom is 0.414 e. The number of ether oxygens (including phenoxy) is 2. The van der Waals surface area contributed by atoms with Crippen LogP contribution in [0.2, 0.25) is 0 Å². The molecule has 7 nitrogen and oxygen atoms in total. The molecule has 9 heteroatoms. The lowest BCUT2D eigenvalue weighted by molar-refractivity contribution is -0.136. The summed E-state index contributed by atoms with van der Waals surface area (Å²) in [6.45, 7) is 11.7. The Balaban J connectivity index is 0.00000138. The van der Waals surface area contributed by atoms with Crippen LogP contribution in [0.25, 0.3) is 0 Å². The molecule has 41 heavy (non-hydrogen) atoms. The first-order valence-electron chi connectivity index (χ1n) is 14.1. The normalized spacial score (nSPS) is 18.0. The summed E-state index contributed by atoms with van der Waals surface area (Å²) in [6.07, 6.45) is 6.78. The molecule has 1 fully saturated rings. The molecule has 0 aromatic heterocycles. The summed E-state index contributed by atoms with van der Waals surface area (Å²) in [5.41, 5.74) is 4.24. The fourth-order valence-corrected chi connectivity index (χ4v) is 5.15. The van der Waals surface area contributed by atoms with Crippen molar-refractivity contribution in [2.75, 3.05) is 44.8 Å². The first-order chi connectivity index (χ1) is 19.6. The van der Waals surface area contributed by atoms with Gasteiger partial charge in [0.1, 0.15) is 0 Å². The number of allylic oxidation sites excluding steroid dienone is 4. The Morgan fingerprint density at radius 3 is 2.44 bits per heavy atom. The second kappa shape index (κ2) is 17.4. The lowest BCUT2D eigenvalue weighted by Crippen LogP contribution is -2.36. The van der Waals surface area contributed by atoms with Crippen molar-refractivity contribution in [1.29, 1.82) is 0 Å². The number of aliphatic carboxylic acids is 1. The van der Waals surface area contributed by atoms with Crippen LogP contribution in [0.3, 0.4) is 0 Å². The number of halogens is 2. The molecule has 226 valence electrons. The van der Waals surface area contributed by atoms with Crippen LogP contribution in [0.1, 0.15) is 58.4 Å². The predicted molar refractivity (Wildman–Crippen MR) is 158 cm³/mol. The van der Waals surface area contributed by atoms with Gasteiger partial charge in [0.25, 0.3) is 0 Å². The van der Waals surface area contributed by atoms with Crippen molar-refractivity contribution in [2.24, 2.45) is 5.92 Å². The van der Waals surface area contributed by atoms with Crippen molar-refractivity contribution < 1.29 is 33.0 Å². The topological polar surface area (TPSA) is 79.3 Å². The molecule has 2 aliphatic rings. The van der Waals surface area contributed by atoms with Gasteiger partial charge in [0.2, 0.25) is 0 Å². The Kier molecular flexibility index (Phi) is 14.3. The number of carboxylic acids is 1. The van der Waals surface area contributed by atoms with Gasteiger partial charge in [-0.05, 0) is 106 Å². The summed E-state index contributed by atoms with van der Waals surface area (Å²) in [7, 11) is 1.37. The Morgan fingerprint density at radius 2 is 1.85 bits per heavy atom. The average Bonchev–Trinajstić information content (AvgIpc) is 3.16. The van der Waals surface area contributed by atoms with Crippen molar-refractivity contribution in [3.05, 3.63) is 77.1 Å². The van der Waals surface area contributed by atoms with Gasteiger partial charge in [-0.3, -0.25) is 14.6 Å². The molecule has 1 saturated heterocycles. The second-order valence-electron chi connectivity index (χ2n) is 10.4. The van der Waals surface area contributed by atoms with E-state index < -0.39 is 12.1 Å². The van der Waals surface area contributed by atoms with Gasteiger partial charge in [-0.25, -0.2) is 13.6 Å². The quantitative estimate of drug-likeness (QED) is 0.315. The number of carbonyl (C=O) groups is 2. The highest BCUT2D eigenvalue weighted by Crippen LogP contribution is 2.31. The molecular formula is C32H44F2N2O5. The number of methoxy groups -OCH3 is 1. The van der Waals surface area contributed by atoms with E-state index in [1.54, 1.807) is 29.2 Å². The molecular weight excluding hydrogens is 530 g/mol. The predicted octanol–water partition coefficient (Wildman–Crippen LogP) is 7.36. The maximum absolute atomic E-state index is 13.4. The van der Waals surface area contributed by atoms with Gasteiger partial charge >= 0.3 is 12.1 Å². The molecule has 1 aliphatic carbocycles. The smallest absolute Gasteiger partial charge is 0.414 e. The number of anilines is 1. The number of carbonyl (C=O) groups excluding carboxylic acids is 1. The van der Waals surface area contributed by atoms with Gasteiger partial charge in [-0.2, -0.15) is 0 Å². The summed E-state index contributed by atoms with van der Waals surface area (Å²) >= 11 is 0. The van der Waals surface area contributed by atoms with Gasteiger partial charge in [0.15, 0.2) is 0 Å². The Morgan fingerprint density at radius 1 is 1.17 bits per heavy atom. The summed E-state index contributed by atoms with van der Waals surface area (Å²) in [6, 6.07) is 7.03. The molecule has 1 unspecified atom stereocenters. The van der Waals surface area contributed by atoms with E-state index in [9.17, 15) is 18.4 Å². The Hall–Kier alpha value is -3.46. The first kappa shape index (κ1) is 33.7. The van der Waals surface area contributed by atoms with E-state index in [0.717, 1.165) is 68.6 Å². The minimum Gasteiger partial charge on any atom is -0.498 e. The van der Waals surface area contributed by atoms with E-state index in [1.807, 2.05) is 13.8 Å². The fourth-order valence-electron chi connectivity index (χ4n) is 5.15. The summed E-state index contributed by atoms with van der Waals surface area (Å²) in [5.74, 6) is 0.0329. The molecule has 1 amide bonds. The van der Waals surface area contributed by atoms with Crippen LogP contribution in [0.4, 0.5) is 19.3 Å². The molecule has 0 bridgehead atoms. The molecule has 1 aromatic rings. The van der Waals surface area contributed by atoms with Crippen LogP contribution in [0.5, 0.6) is 0 Å². The van der Waals surface area contributed by atoms with E-state index >= 15 is 0 Å². The highest BCUT2D eigenvalue weighted by molar-refractivity contribution is 5.87. The third kappa shape index (κ3) is 11.5. The zero-order valence-electron chi connectivity index (χ0n) is 24.8. The van der Waals surface area contributed by atoms with Gasteiger partial charge in [0.05, 0.1) is 38.1 Å². The lowest BCUT2D eigenvalue weighted by Gasteiger charge is -2.27. The fraction of sp³-hybridized carbons (Fsp3) is 0.500. The van der Waals surface area contributed by atoms with Crippen molar-refractivity contribution in [1.82, 2.24) is 4.90 Å². The molecule has 1 aromatic carbocycles. The third-order valence-electron chi connectivity index (χ3n) is 7.09. The van der Waals surface area contributed by atoms with Crippen molar-refractivity contribution in [3.8, 4) is 0 Å². The molecule has 0 spiro atoms. The number of likely N-dealkylation sites (tertiary alicyclic amines) is 1. The standard InChI is InChI=1S/C29H39FN2O5.C3H5F/c1-4-37-26-11-12-27(21(2)18-30)24(17-26)20-31-14-5-6-23(13-15-31)19-32(29(35)36-3)25-9-7-22(8-10-25)16-28(33)34;1-3(2)4/h7-10,17-18,23H,4-6,11-16,19-20H2,1-3H3,(H,33,34);1H2,2H3/b21-18-;. The number of benzene rings is 1. The largest absolute Gasteiger partial charge is 0.498 e. The van der Waals surface area contributed by atoms with E-state index in [2.05, 4.69) is 17.6 Å². The molecule has 1 N–H and O–H groups in total. The molecule has 1 atom stereocenters. The average molecular weight is 575 g/mol. The third-order valence-corrected chi connectivity index (χ3v) is 7.09. The number of rotatable bonds is 10. The van der Waals surface area contributed by atoms with E-state index in [1.165, 1.54) is 14.0 Å². The van der Waals surface area contributed by atoms with Crippen molar-refractivity contribution in [3.63, 3.8) is 0 Å². The van der Waals surface area contributed by atoms with Gasteiger partial charge in [-0.1, -0.05) is 18.7 Å². The summed E-state index contributed by atoms with van der Waals surface area (Å²) in [4.78, 5) is 27.6. The van der Waals surface area contributed by atoms with Crippen LogP contribution >= 0.6 is 0 Å². The Bertz CT molecular complexity index is 1120. The van der Waals surface area contributed by atoms with Crippen LogP contribution in [0, 0.1) is 5.92 Å².